The van der Waals surface area contributed by atoms with E-state index in [1.165, 1.54) is 11.8 Å². The summed E-state index contributed by atoms with van der Waals surface area (Å²) >= 11 is 4.73. The van der Waals surface area contributed by atoms with Gasteiger partial charge in [0, 0.05) is 21.4 Å². The van der Waals surface area contributed by atoms with Crippen molar-refractivity contribution in [3.8, 4) is 0 Å². The third-order valence-electron chi connectivity index (χ3n) is 2.44. The summed E-state index contributed by atoms with van der Waals surface area (Å²) in [5.41, 5.74) is 2.54. The number of aryl methyl sites for hydroxylation is 2. The molecule has 0 bridgehead atoms. The number of ketones is 1. The number of aromatic nitrogens is 2. The van der Waals surface area contributed by atoms with E-state index in [-0.39, 0.29) is 5.78 Å². The van der Waals surface area contributed by atoms with Crippen LogP contribution < -0.4 is 0 Å². The average molecular weight is 337 g/mol. The van der Waals surface area contributed by atoms with E-state index in [1.54, 1.807) is 0 Å². The van der Waals surface area contributed by atoms with Gasteiger partial charge in [-0.15, -0.1) is 0 Å². The van der Waals surface area contributed by atoms with Gasteiger partial charge in [0.2, 0.25) is 0 Å². The van der Waals surface area contributed by atoms with Crippen LogP contribution in [0.25, 0.3) is 0 Å². The van der Waals surface area contributed by atoms with Gasteiger partial charge in [-0.3, -0.25) is 4.79 Å². The van der Waals surface area contributed by atoms with Crippen molar-refractivity contribution in [3.63, 3.8) is 0 Å². The maximum Gasteiger partial charge on any atom is 0.188 e. The molecule has 0 aliphatic carbocycles. The van der Waals surface area contributed by atoms with Crippen LogP contribution in [0, 0.1) is 13.8 Å². The molecular weight excluding hydrogens is 324 g/mol. The highest BCUT2D eigenvalue weighted by molar-refractivity contribution is 9.10. The Morgan fingerprint density at radius 2 is 1.89 bits per heavy atom. The fourth-order valence-corrected chi connectivity index (χ4v) is 2.88. The largest absolute Gasteiger partial charge is 0.293 e. The molecule has 5 heteroatoms. The zero-order chi connectivity index (χ0) is 13.8. The number of nitrogens with zero attached hydrogens (tertiary/aromatic N) is 2. The second-order valence-electron chi connectivity index (χ2n) is 4.16. The molecule has 2 aromatic rings. The van der Waals surface area contributed by atoms with Crippen molar-refractivity contribution in [1.82, 2.24) is 9.97 Å². The quantitative estimate of drug-likeness (QED) is 0.483. The van der Waals surface area contributed by atoms with E-state index in [0.29, 0.717) is 16.5 Å². The average Bonchev–Trinajstić information content (AvgIpc) is 2.35. The standard InChI is InChI=1S/C14H13BrN2OS/c1-9-6-10(2)17-14(16-9)19-8-13(18)11-4-3-5-12(15)7-11/h3-7H,8H2,1-2H3. The summed E-state index contributed by atoms with van der Waals surface area (Å²) in [5, 5.41) is 0.654. The number of carbonyl (C=O) groups excluding carboxylic acids is 1. The Hall–Kier alpha value is -1.20. The molecule has 1 aromatic heterocycles. The van der Waals surface area contributed by atoms with Crippen molar-refractivity contribution in [3.05, 3.63) is 51.8 Å². The zero-order valence-electron chi connectivity index (χ0n) is 10.7. The molecule has 0 saturated carbocycles. The lowest BCUT2D eigenvalue weighted by molar-refractivity contribution is 0.102. The Labute approximate surface area is 125 Å². The molecule has 98 valence electrons. The van der Waals surface area contributed by atoms with Crippen molar-refractivity contribution in [2.45, 2.75) is 19.0 Å². The molecule has 0 spiro atoms. The summed E-state index contributed by atoms with van der Waals surface area (Å²) in [4.78, 5) is 20.7. The number of hydrogen-bond donors (Lipinski definition) is 0. The molecule has 2 rings (SSSR count). The second kappa shape index (κ2) is 6.30. The molecule has 0 atom stereocenters. The smallest absolute Gasteiger partial charge is 0.188 e. The number of thioether (sulfide) groups is 1. The van der Waals surface area contributed by atoms with Crippen LogP contribution in [0.4, 0.5) is 0 Å². The third kappa shape index (κ3) is 4.14. The van der Waals surface area contributed by atoms with E-state index >= 15 is 0 Å². The molecule has 3 nitrogen and oxygen atoms in total. The molecule has 0 amide bonds. The number of carbonyl (C=O) groups is 1. The van der Waals surface area contributed by atoms with E-state index in [0.717, 1.165) is 15.9 Å². The van der Waals surface area contributed by atoms with Crippen LogP contribution >= 0.6 is 27.7 Å². The summed E-state index contributed by atoms with van der Waals surface area (Å²) in [5.74, 6) is 0.424. The molecule has 1 heterocycles. The van der Waals surface area contributed by atoms with Crippen LogP contribution in [0.2, 0.25) is 0 Å². The van der Waals surface area contributed by atoms with Crippen molar-refractivity contribution < 1.29 is 4.79 Å². The highest BCUT2D eigenvalue weighted by atomic mass is 79.9. The molecule has 0 N–H and O–H groups in total. The van der Waals surface area contributed by atoms with Crippen molar-refractivity contribution in [2.75, 3.05) is 5.75 Å². The normalized spacial score (nSPS) is 10.5. The number of Topliss-reactive ketones (excluding diaryl/α,β-unsaturated/α-hetero) is 1. The minimum Gasteiger partial charge on any atom is -0.293 e. The summed E-state index contributed by atoms with van der Waals surface area (Å²) in [6.07, 6.45) is 0. The van der Waals surface area contributed by atoms with Crippen molar-refractivity contribution in [2.24, 2.45) is 0 Å². The molecule has 0 saturated heterocycles. The van der Waals surface area contributed by atoms with E-state index in [9.17, 15) is 4.79 Å². The molecule has 0 radical (unpaired) electrons. The molecule has 0 aliphatic heterocycles. The predicted octanol–water partition coefficient (Wildman–Crippen LogP) is 3.83. The van der Waals surface area contributed by atoms with E-state index < -0.39 is 0 Å². The molecule has 0 aliphatic rings. The lowest BCUT2D eigenvalue weighted by Gasteiger charge is -2.03. The third-order valence-corrected chi connectivity index (χ3v) is 3.78. The van der Waals surface area contributed by atoms with Gasteiger partial charge in [0.1, 0.15) is 0 Å². The Bertz CT molecular complexity index is 596. The molecule has 0 fully saturated rings. The van der Waals surface area contributed by atoms with Gasteiger partial charge in [-0.1, -0.05) is 39.8 Å². The molecular formula is C14H13BrN2OS. The van der Waals surface area contributed by atoms with Gasteiger partial charge in [0.15, 0.2) is 10.9 Å². The Morgan fingerprint density at radius 1 is 1.21 bits per heavy atom. The van der Waals surface area contributed by atoms with Gasteiger partial charge in [0.25, 0.3) is 0 Å². The first-order valence-electron chi connectivity index (χ1n) is 5.78. The molecule has 0 unspecified atom stereocenters. The van der Waals surface area contributed by atoms with Gasteiger partial charge in [0.05, 0.1) is 5.75 Å². The number of rotatable bonds is 4. The van der Waals surface area contributed by atoms with Gasteiger partial charge < -0.3 is 0 Å². The maximum absolute atomic E-state index is 12.0. The Morgan fingerprint density at radius 3 is 2.53 bits per heavy atom. The second-order valence-corrected chi connectivity index (χ2v) is 6.01. The van der Waals surface area contributed by atoms with Crippen LogP contribution in [0.1, 0.15) is 21.7 Å². The van der Waals surface area contributed by atoms with Crippen LogP contribution in [0.3, 0.4) is 0 Å². The van der Waals surface area contributed by atoms with Crippen LogP contribution in [0.15, 0.2) is 40.0 Å². The first-order valence-corrected chi connectivity index (χ1v) is 7.56. The van der Waals surface area contributed by atoms with E-state index in [4.69, 9.17) is 0 Å². The minimum absolute atomic E-state index is 0.0778. The first kappa shape index (κ1) is 14.2. The molecule has 19 heavy (non-hydrogen) atoms. The fraction of sp³-hybridized carbons (Fsp3) is 0.214. The lowest BCUT2D eigenvalue weighted by Crippen LogP contribution is -2.03. The lowest BCUT2D eigenvalue weighted by atomic mass is 10.2. The summed E-state index contributed by atoms with van der Waals surface area (Å²) < 4.78 is 0.908. The van der Waals surface area contributed by atoms with Gasteiger partial charge >= 0.3 is 0 Å². The Balaban J connectivity index is 2.04. The highest BCUT2D eigenvalue weighted by Crippen LogP contribution is 2.18. The summed E-state index contributed by atoms with van der Waals surface area (Å²) in [7, 11) is 0. The van der Waals surface area contributed by atoms with Gasteiger partial charge in [-0.2, -0.15) is 0 Å². The SMILES string of the molecule is Cc1cc(C)nc(SCC(=O)c2cccc(Br)c2)n1. The first-order chi connectivity index (χ1) is 9.04. The van der Waals surface area contributed by atoms with E-state index in [2.05, 4.69) is 25.9 Å². The van der Waals surface area contributed by atoms with E-state index in [1.807, 2.05) is 44.2 Å². The fourth-order valence-electron chi connectivity index (χ4n) is 1.63. The highest BCUT2D eigenvalue weighted by Gasteiger charge is 2.09. The zero-order valence-corrected chi connectivity index (χ0v) is 13.1. The van der Waals surface area contributed by atoms with Crippen LogP contribution in [-0.4, -0.2) is 21.5 Å². The minimum atomic E-state index is 0.0778. The summed E-state index contributed by atoms with van der Waals surface area (Å²) in [6.45, 7) is 3.85. The number of halogens is 1. The van der Waals surface area contributed by atoms with Crippen molar-refractivity contribution in [1.29, 1.82) is 0 Å². The van der Waals surface area contributed by atoms with Crippen LogP contribution in [0.5, 0.6) is 0 Å². The maximum atomic E-state index is 12.0. The predicted molar refractivity (Wildman–Crippen MR) is 80.7 cm³/mol. The topological polar surface area (TPSA) is 42.9 Å². The van der Waals surface area contributed by atoms with Gasteiger partial charge in [-0.05, 0) is 32.0 Å². The monoisotopic (exact) mass is 336 g/mol. The number of hydrogen-bond acceptors (Lipinski definition) is 4. The Kier molecular flexibility index (Phi) is 4.71. The summed E-state index contributed by atoms with van der Waals surface area (Å²) in [6, 6.07) is 9.31. The number of benzene rings is 1. The van der Waals surface area contributed by atoms with Gasteiger partial charge in [-0.25, -0.2) is 9.97 Å². The van der Waals surface area contributed by atoms with Crippen molar-refractivity contribution >= 4 is 33.5 Å². The van der Waals surface area contributed by atoms with Crippen LogP contribution in [-0.2, 0) is 0 Å². The molecule has 1 aromatic carbocycles.